The Morgan fingerprint density at radius 2 is 1.84 bits per heavy atom. The highest BCUT2D eigenvalue weighted by Crippen LogP contribution is 2.61. The van der Waals surface area contributed by atoms with Gasteiger partial charge in [-0.1, -0.05) is 58.0 Å². The molecule has 2 bridgehead atoms. The molecule has 0 aromatic heterocycles. The van der Waals surface area contributed by atoms with E-state index in [9.17, 15) is 4.79 Å². The maximum Gasteiger partial charge on any atom is 0.226 e. The smallest absolute Gasteiger partial charge is 0.226 e. The van der Waals surface area contributed by atoms with E-state index in [1.807, 2.05) is 0 Å². The van der Waals surface area contributed by atoms with Crippen molar-refractivity contribution in [1.82, 2.24) is 10.6 Å². The van der Waals surface area contributed by atoms with Crippen molar-refractivity contribution in [1.29, 1.82) is 0 Å². The van der Waals surface area contributed by atoms with Crippen LogP contribution in [-0.2, 0) is 14.9 Å². The van der Waals surface area contributed by atoms with Gasteiger partial charge in [-0.3, -0.25) is 4.79 Å². The Kier molecular flexibility index (Phi) is 6.50. The predicted octanol–water partition coefficient (Wildman–Crippen LogP) is 5.07. The van der Waals surface area contributed by atoms with E-state index in [4.69, 9.17) is 4.74 Å². The maximum absolute atomic E-state index is 13.9. The summed E-state index contributed by atoms with van der Waals surface area (Å²) in [5.74, 6) is 0.829. The molecule has 178 valence electrons. The number of ether oxygens (including phenoxy) is 1. The van der Waals surface area contributed by atoms with Gasteiger partial charge in [0.15, 0.2) is 0 Å². The van der Waals surface area contributed by atoms with Gasteiger partial charge in [0.05, 0.1) is 6.61 Å². The van der Waals surface area contributed by atoms with Gasteiger partial charge in [0, 0.05) is 24.6 Å². The van der Waals surface area contributed by atoms with Crippen LogP contribution in [0.4, 0.5) is 0 Å². The monoisotopic (exact) mass is 440 g/mol. The van der Waals surface area contributed by atoms with Gasteiger partial charge < -0.3 is 15.4 Å². The third-order valence-electron chi connectivity index (χ3n) is 8.72. The standard InChI is InChI=1S/C28H44N2O2/c1-6-32-20-26(4)14-21-15-27(5,24(31)30-23-12-13-29-19-25(23,2)3)18-28(16-21,17-26)22-10-8-7-9-11-22/h7-11,21,23,29H,6,12-20H2,1-5H3,(H,30,31)/t21?,23?,26-,27?,28?/m0/s1. The summed E-state index contributed by atoms with van der Waals surface area (Å²) in [6.45, 7) is 14.8. The average Bonchev–Trinajstić information content (AvgIpc) is 2.73. The van der Waals surface area contributed by atoms with Crippen molar-refractivity contribution in [3.8, 4) is 0 Å². The fourth-order valence-corrected chi connectivity index (χ4v) is 7.53. The summed E-state index contributed by atoms with van der Waals surface area (Å²) in [6, 6.07) is 11.3. The highest BCUT2D eigenvalue weighted by Gasteiger charge is 2.56. The first-order valence-corrected chi connectivity index (χ1v) is 12.7. The third kappa shape index (κ3) is 4.63. The van der Waals surface area contributed by atoms with Crippen molar-refractivity contribution in [2.24, 2.45) is 22.2 Å². The predicted molar refractivity (Wildman–Crippen MR) is 131 cm³/mol. The Labute approximate surface area is 195 Å². The van der Waals surface area contributed by atoms with Crippen LogP contribution in [0.15, 0.2) is 30.3 Å². The van der Waals surface area contributed by atoms with Gasteiger partial charge in [0.2, 0.25) is 5.91 Å². The molecule has 0 radical (unpaired) electrons. The first-order chi connectivity index (χ1) is 15.1. The molecule has 4 unspecified atom stereocenters. The molecule has 4 heteroatoms. The molecule has 1 amide bonds. The van der Waals surface area contributed by atoms with Gasteiger partial charge in [0.25, 0.3) is 0 Å². The second-order valence-electron chi connectivity index (χ2n) is 12.5. The van der Waals surface area contributed by atoms with E-state index in [0.717, 1.165) is 58.4 Å². The summed E-state index contributed by atoms with van der Waals surface area (Å²) in [6.07, 6.45) is 6.38. The molecule has 32 heavy (non-hydrogen) atoms. The highest BCUT2D eigenvalue weighted by atomic mass is 16.5. The molecular weight excluding hydrogens is 396 g/mol. The van der Waals surface area contributed by atoms with E-state index in [0.29, 0.717) is 5.92 Å². The zero-order valence-corrected chi connectivity index (χ0v) is 20.9. The van der Waals surface area contributed by atoms with Crippen LogP contribution in [0, 0.1) is 22.2 Å². The molecule has 1 aliphatic heterocycles. The normalized spacial score (nSPS) is 38.8. The van der Waals surface area contributed by atoms with Crippen molar-refractivity contribution in [2.45, 2.75) is 84.6 Å². The van der Waals surface area contributed by atoms with Crippen molar-refractivity contribution in [3.05, 3.63) is 35.9 Å². The topological polar surface area (TPSA) is 50.4 Å². The number of hydrogen-bond donors (Lipinski definition) is 2. The minimum atomic E-state index is -0.327. The van der Waals surface area contributed by atoms with Crippen LogP contribution in [0.5, 0.6) is 0 Å². The fourth-order valence-electron chi connectivity index (χ4n) is 7.53. The van der Waals surface area contributed by atoms with E-state index < -0.39 is 0 Å². The lowest BCUT2D eigenvalue weighted by Gasteiger charge is -2.58. The Bertz CT molecular complexity index is 809. The van der Waals surface area contributed by atoms with Crippen LogP contribution in [0.3, 0.4) is 0 Å². The Balaban J connectivity index is 1.62. The number of amides is 1. The Hall–Kier alpha value is -1.39. The highest BCUT2D eigenvalue weighted by molar-refractivity contribution is 5.83. The van der Waals surface area contributed by atoms with Gasteiger partial charge in [-0.15, -0.1) is 0 Å². The summed E-state index contributed by atoms with van der Waals surface area (Å²) in [4.78, 5) is 13.9. The molecule has 1 heterocycles. The molecule has 0 spiro atoms. The molecule has 2 saturated carbocycles. The second-order valence-corrected chi connectivity index (χ2v) is 12.5. The average molecular weight is 441 g/mol. The van der Waals surface area contributed by atoms with Crippen LogP contribution >= 0.6 is 0 Å². The van der Waals surface area contributed by atoms with Crippen LogP contribution in [0.1, 0.15) is 78.7 Å². The fraction of sp³-hybridized carbons (Fsp3) is 0.750. The van der Waals surface area contributed by atoms with Crippen LogP contribution < -0.4 is 10.6 Å². The molecule has 3 fully saturated rings. The number of hydrogen-bond acceptors (Lipinski definition) is 3. The van der Waals surface area contributed by atoms with Gasteiger partial charge in [-0.05, 0) is 79.7 Å². The van der Waals surface area contributed by atoms with Crippen molar-refractivity contribution >= 4 is 5.91 Å². The molecule has 1 saturated heterocycles. The van der Waals surface area contributed by atoms with E-state index >= 15 is 0 Å². The molecule has 4 rings (SSSR count). The van der Waals surface area contributed by atoms with Crippen LogP contribution in [0.25, 0.3) is 0 Å². The third-order valence-corrected chi connectivity index (χ3v) is 8.72. The van der Waals surface area contributed by atoms with E-state index in [1.54, 1.807) is 0 Å². The molecule has 2 aliphatic carbocycles. The molecule has 2 N–H and O–H groups in total. The quantitative estimate of drug-likeness (QED) is 0.649. The number of nitrogens with one attached hydrogen (secondary N) is 2. The van der Waals surface area contributed by atoms with Crippen LogP contribution in [-0.4, -0.2) is 38.3 Å². The summed E-state index contributed by atoms with van der Waals surface area (Å²) < 4.78 is 5.96. The molecule has 4 nitrogen and oxygen atoms in total. The first-order valence-electron chi connectivity index (χ1n) is 12.7. The minimum absolute atomic E-state index is 0.0456. The maximum atomic E-state index is 13.9. The Morgan fingerprint density at radius 3 is 2.53 bits per heavy atom. The second kappa shape index (κ2) is 8.76. The van der Waals surface area contributed by atoms with Crippen molar-refractivity contribution < 1.29 is 9.53 Å². The zero-order chi connectivity index (χ0) is 23.0. The molecule has 1 aromatic rings. The number of carbonyl (C=O) groups is 1. The lowest BCUT2D eigenvalue weighted by atomic mass is 9.47. The Morgan fingerprint density at radius 1 is 1.09 bits per heavy atom. The summed E-state index contributed by atoms with van der Waals surface area (Å²) in [5.41, 5.74) is 1.38. The summed E-state index contributed by atoms with van der Waals surface area (Å²) in [5, 5.41) is 7.02. The van der Waals surface area contributed by atoms with Crippen LogP contribution in [0.2, 0.25) is 0 Å². The van der Waals surface area contributed by atoms with E-state index in [2.05, 4.69) is 75.6 Å². The molecular formula is C28H44N2O2. The largest absolute Gasteiger partial charge is 0.381 e. The van der Waals surface area contributed by atoms with E-state index in [1.165, 1.54) is 12.0 Å². The minimum Gasteiger partial charge on any atom is -0.381 e. The number of piperidine rings is 1. The number of carbonyl (C=O) groups excluding carboxylic acids is 1. The van der Waals surface area contributed by atoms with E-state index in [-0.39, 0.29) is 33.6 Å². The molecule has 3 aliphatic rings. The number of rotatable bonds is 6. The van der Waals surface area contributed by atoms with Gasteiger partial charge in [-0.25, -0.2) is 0 Å². The zero-order valence-electron chi connectivity index (χ0n) is 20.9. The first kappa shape index (κ1) is 23.8. The SMILES string of the molecule is CCOC[C@@]1(C)CC2CC(C)(C(=O)NC3CCNCC3(C)C)CC(c3ccccc3)(C2)C1. The van der Waals surface area contributed by atoms with Gasteiger partial charge in [0.1, 0.15) is 0 Å². The summed E-state index contributed by atoms with van der Waals surface area (Å²) >= 11 is 0. The number of fused-ring (bicyclic) bond motifs is 2. The summed E-state index contributed by atoms with van der Waals surface area (Å²) in [7, 11) is 0. The lowest BCUT2D eigenvalue weighted by Crippen LogP contribution is -2.59. The van der Waals surface area contributed by atoms with Gasteiger partial charge in [-0.2, -0.15) is 0 Å². The lowest BCUT2D eigenvalue weighted by molar-refractivity contribution is -0.141. The van der Waals surface area contributed by atoms with Gasteiger partial charge >= 0.3 is 0 Å². The van der Waals surface area contributed by atoms with Crippen molar-refractivity contribution in [3.63, 3.8) is 0 Å². The molecule has 5 atom stereocenters. The van der Waals surface area contributed by atoms with Crippen molar-refractivity contribution in [2.75, 3.05) is 26.3 Å². The molecule has 1 aromatic carbocycles. The number of benzene rings is 1.